The predicted octanol–water partition coefficient (Wildman–Crippen LogP) is 4.42. The highest BCUT2D eigenvalue weighted by Crippen LogP contribution is 2.27. The molecule has 1 N–H and O–H groups in total. The zero-order valence-corrected chi connectivity index (χ0v) is 14.8. The first kappa shape index (κ1) is 15.5. The van der Waals surface area contributed by atoms with Gasteiger partial charge in [0.05, 0.1) is 0 Å². The minimum absolute atomic E-state index is 0.315. The fourth-order valence-corrected chi connectivity index (χ4v) is 4.17. The van der Waals surface area contributed by atoms with E-state index in [1.807, 2.05) is 11.3 Å². The molecule has 0 spiro atoms. The van der Waals surface area contributed by atoms with Crippen molar-refractivity contribution in [2.75, 3.05) is 13.1 Å². The standard InChI is InChI=1S/C15H25BrN2S/c1-11(14-9-12(16)10-19-14)17-13-5-7-18(8-6-13)15(2,3)4/h9-11,13,17H,5-8H2,1-4H3. The van der Waals surface area contributed by atoms with Gasteiger partial charge in [0.25, 0.3) is 0 Å². The SMILES string of the molecule is CC(NC1CCN(C(C)(C)C)CC1)c1cc(Br)cs1. The summed E-state index contributed by atoms with van der Waals surface area (Å²) in [5.74, 6) is 0. The molecule has 1 unspecified atom stereocenters. The van der Waals surface area contributed by atoms with Crippen LogP contribution in [0.15, 0.2) is 15.9 Å². The van der Waals surface area contributed by atoms with Crippen LogP contribution in [-0.2, 0) is 0 Å². The second kappa shape index (κ2) is 6.25. The van der Waals surface area contributed by atoms with E-state index in [1.54, 1.807) is 0 Å². The molecule has 0 aliphatic carbocycles. The predicted molar refractivity (Wildman–Crippen MR) is 87.9 cm³/mol. The highest BCUT2D eigenvalue weighted by Gasteiger charge is 2.27. The molecule has 0 saturated carbocycles. The summed E-state index contributed by atoms with van der Waals surface area (Å²) >= 11 is 5.36. The molecule has 0 bridgehead atoms. The molecule has 2 rings (SSSR count). The lowest BCUT2D eigenvalue weighted by Crippen LogP contribution is -2.50. The maximum atomic E-state index is 3.78. The van der Waals surface area contributed by atoms with Crippen molar-refractivity contribution in [2.45, 2.75) is 58.2 Å². The van der Waals surface area contributed by atoms with Crippen LogP contribution in [0.2, 0.25) is 0 Å². The molecular weight excluding hydrogens is 320 g/mol. The average molecular weight is 345 g/mol. The summed E-state index contributed by atoms with van der Waals surface area (Å²) in [6.45, 7) is 11.6. The molecule has 108 valence electrons. The summed E-state index contributed by atoms with van der Waals surface area (Å²) in [5, 5.41) is 5.95. The van der Waals surface area contributed by atoms with Crippen LogP contribution in [0.5, 0.6) is 0 Å². The Kier molecular flexibility index (Phi) is 5.09. The number of hydrogen-bond donors (Lipinski definition) is 1. The van der Waals surface area contributed by atoms with Gasteiger partial charge in [0.2, 0.25) is 0 Å². The molecule has 0 radical (unpaired) electrons. The molecule has 2 nitrogen and oxygen atoms in total. The van der Waals surface area contributed by atoms with Crippen LogP contribution in [0, 0.1) is 0 Å². The van der Waals surface area contributed by atoms with Crippen molar-refractivity contribution in [3.8, 4) is 0 Å². The lowest BCUT2D eigenvalue weighted by atomic mass is 9.97. The third-order valence-corrected chi connectivity index (χ3v) is 5.82. The van der Waals surface area contributed by atoms with Gasteiger partial charge >= 0.3 is 0 Å². The van der Waals surface area contributed by atoms with Crippen molar-refractivity contribution in [3.63, 3.8) is 0 Å². The van der Waals surface area contributed by atoms with Crippen molar-refractivity contribution in [1.82, 2.24) is 10.2 Å². The van der Waals surface area contributed by atoms with E-state index in [2.05, 4.69) is 65.3 Å². The first-order valence-corrected chi connectivity index (χ1v) is 8.78. The van der Waals surface area contributed by atoms with Gasteiger partial charge in [-0.15, -0.1) is 11.3 Å². The van der Waals surface area contributed by atoms with Crippen molar-refractivity contribution in [3.05, 3.63) is 20.8 Å². The van der Waals surface area contributed by atoms with E-state index in [-0.39, 0.29) is 0 Å². The first-order chi connectivity index (χ1) is 8.86. The van der Waals surface area contributed by atoms with Gasteiger partial charge in [-0.2, -0.15) is 0 Å². The Morgan fingerprint density at radius 1 is 1.37 bits per heavy atom. The van der Waals surface area contributed by atoms with E-state index in [0.29, 0.717) is 17.6 Å². The van der Waals surface area contributed by atoms with Crippen LogP contribution < -0.4 is 5.32 Å². The molecular formula is C15H25BrN2S. The van der Waals surface area contributed by atoms with Crippen molar-refractivity contribution in [2.24, 2.45) is 0 Å². The first-order valence-electron chi connectivity index (χ1n) is 7.11. The third-order valence-electron chi connectivity index (χ3n) is 3.94. The Morgan fingerprint density at radius 2 is 2.00 bits per heavy atom. The maximum absolute atomic E-state index is 3.78. The molecule has 1 aliphatic rings. The van der Waals surface area contributed by atoms with E-state index in [1.165, 1.54) is 35.3 Å². The van der Waals surface area contributed by atoms with Crippen LogP contribution >= 0.6 is 27.3 Å². The number of rotatable bonds is 3. The van der Waals surface area contributed by atoms with E-state index < -0.39 is 0 Å². The number of hydrogen-bond acceptors (Lipinski definition) is 3. The second-order valence-electron chi connectivity index (χ2n) is 6.49. The minimum Gasteiger partial charge on any atom is -0.307 e. The summed E-state index contributed by atoms with van der Waals surface area (Å²) in [6.07, 6.45) is 2.52. The number of likely N-dealkylation sites (tertiary alicyclic amines) is 1. The lowest BCUT2D eigenvalue weighted by molar-refractivity contribution is 0.0943. The largest absolute Gasteiger partial charge is 0.307 e. The Morgan fingerprint density at radius 3 is 2.47 bits per heavy atom. The topological polar surface area (TPSA) is 15.3 Å². The number of piperidine rings is 1. The van der Waals surface area contributed by atoms with Crippen molar-refractivity contribution < 1.29 is 0 Å². The molecule has 1 aromatic rings. The summed E-state index contributed by atoms with van der Waals surface area (Å²) in [6, 6.07) is 3.35. The minimum atomic E-state index is 0.315. The zero-order chi connectivity index (χ0) is 14.0. The Balaban J connectivity index is 1.82. The summed E-state index contributed by atoms with van der Waals surface area (Å²) in [5.41, 5.74) is 0.315. The fourth-order valence-electron chi connectivity index (χ4n) is 2.71. The molecule has 19 heavy (non-hydrogen) atoms. The fraction of sp³-hybridized carbons (Fsp3) is 0.733. The zero-order valence-electron chi connectivity index (χ0n) is 12.4. The van der Waals surface area contributed by atoms with Gasteiger partial charge in [-0.1, -0.05) is 0 Å². The van der Waals surface area contributed by atoms with E-state index >= 15 is 0 Å². The van der Waals surface area contributed by atoms with Gasteiger partial charge in [-0.3, -0.25) is 4.90 Å². The normalized spacial score (nSPS) is 20.7. The number of thiophene rings is 1. The molecule has 1 atom stereocenters. The van der Waals surface area contributed by atoms with Crippen molar-refractivity contribution in [1.29, 1.82) is 0 Å². The van der Waals surface area contributed by atoms with Crippen LogP contribution in [-0.4, -0.2) is 29.6 Å². The van der Waals surface area contributed by atoms with Gasteiger partial charge in [0, 0.05) is 45.4 Å². The van der Waals surface area contributed by atoms with Gasteiger partial charge in [0.1, 0.15) is 0 Å². The summed E-state index contributed by atoms with van der Waals surface area (Å²) < 4.78 is 1.20. The van der Waals surface area contributed by atoms with Gasteiger partial charge in [0.15, 0.2) is 0 Å². The monoisotopic (exact) mass is 344 g/mol. The summed E-state index contributed by atoms with van der Waals surface area (Å²) in [4.78, 5) is 4.02. The maximum Gasteiger partial charge on any atom is 0.0388 e. The second-order valence-corrected chi connectivity index (χ2v) is 8.35. The van der Waals surface area contributed by atoms with Gasteiger partial charge in [-0.25, -0.2) is 0 Å². The molecule has 1 saturated heterocycles. The molecule has 2 heterocycles. The molecule has 1 aromatic heterocycles. The number of nitrogens with zero attached hydrogens (tertiary/aromatic N) is 1. The Bertz CT molecular complexity index is 403. The number of nitrogens with one attached hydrogen (secondary N) is 1. The third kappa shape index (κ3) is 4.28. The molecule has 4 heteroatoms. The average Bonchev–Trinajstić information content (AvgIpc) is 2.75. The van der Waals surface area contributed by atoms with Gasteiger partial charge < -0.3 is 5.32 Å². The molecule has 0 aromatic carbocycles. The van der Waals surface area contributed by atoms with E-state index in [0.717, 1.165) is 0 Å². The van der Waals surface area contributed by atoms with Gasteiger partial charge in [-0.05, 0) is 62.5 Å². The highest BCUT2D eigenvalue weighted by atomic mass is 79.9. The van der Waals surface area contributed by atoms with Crippen molar-refractivity contribution >= 4 is 27.3 Å². The molecule has 0 amide bonds. The quantitative estimate of drug-likeness (QED) is 0.872. The molecule has 1 fully saturated rings. The smallest absolute Gasteiger partial charge is 0.0388 e. The highest BCUT2D eigenvalue weighted by molar-refractivity contribution is 9.10. The molecule has 1 aliphatic heterocycles. The van der Waals surface area contributed by atoms with Crippen LogP contribution in [0.25, 0.3) is 0 Å². The van der Waals surface area contributed by atoms with E-state index in [4.69, 9.17) is 0 Å². The Hall–Kier alpha value is 0.1000. The Labute approximate surface area is 129 Å². The van der Waals surface area contributed by atoms with Crippen LogP contribution in [0.4, 0.5) is 0 Å². The van der Waals surface area contributed by atoms with Crippen LogP contribution in [0.3, 0.4) is 0 Å². The van der Waals surface area contributed by atoms with E-state index in [9.17, 15) is 0 Å². The summed E-state index contributed by atoms with van der Waals surface area (Å²) in [7, 11) is 0. The lowest BCUT2D eigenvalue weighted by Gasteiger charge is -2.41. The number of halogens is 1. The van der Waals surface area contributed by atoms with Crippen LogP contribution in [0.1, 0.15) is 51.5 Å².